The molecule has 0 spiro atoms. The predicted octanol–water partition coefficient (Wildman–Crippen LogP) is 5.23. The van der Waals surface area contributed by atoms with E-state index < -0.39 is 0 Å². The number of oxazole rings is 1. The summed E-state index contributed by atoms with van der Waals surface area (Å²) in [6.07, 6.45) is 1.62. The Labute approximate surface area is 173 Å². The molecule has 1 fully saturated rings. The fourth-order valence-corrected chi connectivity index (χ4v) is 3.87. The van der Waals surface area contributed by atoms with Gasteiger partial charge in [0.1, 0.15) is 11.3 Å². The van der Waals surface area contributed by atoms with E-state index in [0.29, 0.717) is 28.9 Å². The van der Waals surface area contributed by atoms with Crippen molar-refractivity contribution in [3.8, 4) is 5.75 Å². The highest BCUT2D eigenvalue weighted by Gasteiger charge is 2.27. The molecule has 0 atom stereocenters. The van der Waals surface area contributed by atoms with Crippen molar-refractivity contribution in [1.29, 1.82) is 0 Å². The van der Waals surface area contributed by atoms with E-state index in [1.807, 2.05) is 24.0 Å². The number of nitrogens with zero attached hydrogens (tertiary/aromatic N) is 2. The topological polar surface area (TPSA) is 55.6 Å². The van der Waals surface area contributed by atoms with Crippen LogP contribution >= 0.6 is 23.2 Å². The summed E-state index contributed by atoms with van der Waals surface area (Å²) in [7, 11) is 0. The van der Waals surface area contributed by atoms with Gasteiger partial charge in [-0.05, 0) is 61.7 Å². The Bertz CT molecular complexity index is 1010. The molecule has 0 saturated carbocycles. The first-order valence-electron chi connectivity index (χ1n) is 9.22. The van der Waals surface area contributed by atoms with E-state index in [1.54, 1.807) is 24.3 Å². The highest BCUT2D eigenvalue weighted by molar-refractivity contribution is 6.31. The Hall–Kier alpha value is -2.24. The molecule has 0 bridgehead atoms. The van der Waals surface area contributed by atoms with Gasteiger partial charge in [-0.15, -0.1) is 0 Å². The van der Waals surface area contributed by atoms with Gasteiger partial charge in [0, 0.05) is 29.1 Å². The van der Waals surface area contributed by atoms with Gasteiger partial charge < -0.3 is 14.1 Å². The number of piperidine rings is 1. The molecule has 28 heavy (non-hydrogen) atoms. The summed E-state index contributed by atoms with van der Waals surface area (Å²) < 4.78 is 11.6. The van der Waals surface area contributed by atoms with Crippen molar-refractivity contribution in [3.05, 3.63) is 57.9 Å². The summed E-state index contributed by atoms with van der Waals surface area (Å²) in [5.41, 5.74) is 2.42. The summed E-state index contributed by atoms with van der Waals surface area (Å²) in [6.45, 7) is 3.25. The molecule has 0 radical (unpaired) electrons. The zero-order valence-corrected chi connectivity index (χ0v) is 17.0. The quantitative estimate of drug-likeness (QED) is 0.581. The molecule has 2 heterocycles. The minimum atomic E-state index is -0.0165. The monoisotopic (exact) mass is 418 g/mol. The summed E-state index contributed by atoms with van der Waals surface area (Å²) in [5.74, 6) is 1.59. The molecular weight excluding hydrogens is 399 g/mol. The Balaban J connectivity index is 1.33. The second-order valence-corrected chi connectivity index (χ2v) is 7.89. The van der Waals surface area contributed by atoms with Crippen LogP contribution in [0.25, 0.3) is 11.1 Å². The van der Waals surface area contributed by atoms with Crippen LogP contribution in [0, 0.1) is 6.92 Å². The number of carbonyl (C=O) groups is 1. The lowest BCUT2D eigenvalue weighted by molar-refractivity contribution is -0.134. The number of aryl methyl sites for hydroxylation is 1. The third kappa shape index (κ3) is 4.10. The Morgan fingerprint density at radius 3 is 2.64 bits per heavy atom. The molecule has 0 aliphatic carbocycles. The molecule has 0 N–H and O–H groups in total. The molecule has 1 aromatic heterocycles. The van der Waals surface area contributed by atoms with Crippen LogP contribution in [-0.2, 0) is 4.79 Å². The zero-order chi connectivity index (χ0) is 19.7. The third-order valence-corrected chi connectivity index (χ3v) is 5.52. The molecule has 1 aliphatic rings. The Morgan fingerprint density at radius 1 is 1.18 bits per heavy atom. The largest absolute Gasteiger partial charge is 0.483 e. The highest BCUT2D eigenvalue weighted by Crippen LogP contribution is 2.31. The highest BCUT2D eigenvalue weighted by atomic mass is 35.5. The van der Waals surface area contributed by atoms with Crippen molar-refractivity contribution >= 4 is 40.2 Å². The van der Waals surface area contributed by atoms with Gasteiger partial charge in [0.05, 0.1) is 0 Å². The van der Waals surface area contributed by atoms with Crippen molar-refractivity contribution in [2.45, 2.75) is 25.7 Å². The number of likely N-dealkylation sites (tertiary alicyclic amines) is 1. The number of ether oxygens (including phenoxy) is 1. The maximum atomic E-state index is 12.5. The second-order valence-electron chi connectivity index (χ2n) is 7.02. The molecule has 1 amide bonds. The van der Waals surface area contributed by atoms with Crippen LogP contribution in [0.15, 0.2) is 40.8 Å². The van der Waals surface area contributed by atoms with Crippen molar-refractivity contribution < 1.29 is 13.9 Å². The van der Waals surface area contributed by atoms with E-state index in [0.717, 1.165) is 35.4 Å². The number of hydrogen-bond donors (Lipinski definition) is 0. The first-order valence-corrected chi connectivity index (χ1v) is 9.98. The number of hydrogen-bond acceptors (Lipinski definition) is 4. The van der Waals surface area contributed by atoms with Gasteiger partial charge in [-0.3, -0.25) is 4.79 Å². The van der Waals surface area contributed by atoms with E-state index in [1.165, 1.54) is 0 Å². The summed E-state index contributed by atoms with van der Waals surface area (Å²) in [6, 6.07) is 10.8. The fourth-order valence-electron chi connectivity index (χ4n) is 3.47. The average Bonchev–Trinajstić information content (AvgIpc) is 3.10. The van der Waals surface area contributed by atoms with Crippen LogP contribution in [0.4, 0.5) is 0 Å². The van der Waals surface area contributed by atoms with E-state index >= 15 is 0 Å². The Morgan fingerprint density at radius 2 is 1.89 bits per heavy atom. The molecule has 0 unspecified atom stereocenters. The Kier molecular flexibility index (Phi) is 5.47. The summed E-state index contributed by atoms with van der Waals surface area (Å²) in [4.78, 5) is 18.9. The standard InChI is InChI=1S/C21H20Cl2N2O3/c1-13-10-15(22)2-4-18(13)27-12-20(26)25-8-6-14(7-9-25)21-24-17-11-16(23)3-5-19(17)28-21/h2-5,10-11,14H,6-9,12H2,1H3. The lowest BCUT2D eigenvalue weighted by Crippen LogP contribution is -2.40. The maximum absolute atomic E-state index is 12.5. The number of halogens is 2. The number of carbonyl (C=O) groups excluding carboxylic acids is 1. The summed E-state index contributed by atoms with van der Waals surface area (Å²) >= 11 is 12.0. The van der Waals surface area contributed by atoms with Gasteiger partial charge in [0.15, 0.2) is 18.1 Å². The molecule has 2 aromatic carbocycles. The first kappa shape index (κ1) is 19.1. The van der Waals surface area contributed by atoms with Crippen LogP contribution in [0.5, 0.6) is 5.75 Å². The van der Waals surface area contributed by atoms with Gasteiger partial charge in [-0.2, -0.15) is 0 Å². The SMILES string of the molecule is Cc1cc(Cl)ccc1OCC(=O)N1CCC(c2nc3cc(Cl)ccc3o2)CC1. The van der Waals surface area contributed by atoms with E-state index in [9.17, 15) is 4.79 Å². The van der Waals surface area contributed by atoms with Crippen LogP contribution in [0.1, 0.15) is 30.2 Å². The fraction of sp³-hybridized carbons (Fsp3) is 0.333. The molecule has 3 aromatic rings. The van der Waals surface area contributed by atoms with Crippen molar-refractivity contribution in [3.63, 3.8) is 0 Å². The average molecular weight is 419 g/mol. The van der Waals surface area contributed by atoms with E-state index in [4.69, 9.17) is 32.4 Å². The summed E-state index contributed by atoms with van der Waals surface area (Å²) in [5, 5.41) is 1.29. The molecule has 4 rings (SSSR count). The van der Waals surface area contributed by atoms with Crippen molar-refractivity contribution in [1.82, 2.24) is 9.88 Å². The lowest BCUT2D eigenvalue weighted by Gasteiger charge is -2.30. The smallest absolute Gasteiger partial charge is 0.260 e. The van der Waals surface area contributed by atoms with E-state index in [-0.39, 0.29) is 18.4 Å². The molecular formula is C21H20Cl2N2O3. The number of rotatable bonds is 4. The molecule has 1 aliphatic heterocycles. The van der Waals surface area contributed by atoms with Gasteiger partial charge in [-0.25, -0.2) is 4.98 Å². The lowest BCUT2D eigenvalue weighted by atomic mass is 9.97. The molecule has 7 heteroatoms. The maximum Gasteiger partial charge on any atom is 0.260 e. The van der Waals surface area contributed by atoms with Crippen LogP contribution < -0.4 is 4.74 Å². The van der Waals surface area contributed by atoms with Crippen LogP contribution in [0.3, 0.4) is 0 Å². The van der Waals surface area contributed by atoms with Crippen molar-refractivity contribution in [2.75, 3.05) is 19.7 Å². The number of aromatic nitrogens is 1. The van der Waals surface area contributed by atoms with Gasteiger partial charge in [0.2, 0.25) is 0 Å². The van der Waals surface area contributed by atoms with Gasteiger partial charge >= 0.3 is 0 Å². The van der Waals surface area contributed by atoms with Gasteiger partial charge in [-0.1, -0.05) is 23.2 Å². The minimum absolute atomic E-state index is 0.0165. The van der Waals surface area contributed by atoms with E-state index in [2.05, 4.69) is 4.98 Å². The number of amides is 1. The van der Waals surface area contributed by atoms with Gasteiger partial charge in [0.25, 0.3) is 5.91 Å². The molecule has 5 nitrogen and oxygen atoms in total. The normalized spacial score (nSPS) is 15.2. The van der Waals surface area contributed by atoms with Crippen LogP contribution in [0.2, 0.25) is 10.0 Å². The minimum Gasteiger partial charge on any atom is -0.483 e. The molecule has 146 valence electrons. The first-order chi connectivity index (χ1) is 13.5. The zero-order valence-electron chi connectivity index (χ0n) is 15.5. The third-order valence-electron chi connectivity index (χ3n) is 5.05. The number of benzene rings is 2. The predicted molar refractivity (Wildman–Crippen MR) is 109 cm³/mol. The second kappa shape index (κ2) is 8.02. The van der Waals surface area contributed by atoms with Crippen molar-refractivity contribution in [2.24, 2.45) is 0 Å². The molecule has 1 saturated heterocycles. The number of fused-ring (bicyclic) bond motifs is 1. The van der Waals surface area contributed by atoms with Crippen LogP contribution in [-0.4, -0.2) is 35.5 Å².